The van der Waals surface area contributed by atoms with Crippen LogP contribution in [-0.4, -0.2) is 19.2 Å². The lowest BCUT2D eigenvalue weighted by Crippen LogP contribution is -2.13. The maximum atomic E-state index is 10.7. The summed E-state index contributed by atoms with van der Waals surface area (Å²) in [7, 11) is 0. The lowest BCUT2D eigenvalue weighted by Gasteiger charge is -2.12. The van der Waals surface area contributed by atoms with Crippen molar-refractivity contribution in [2.24, 2.45) is 0 Å². The van der Waals surface area contributed by atoms with Gasteiger partial charge in [0.05, 0.1) is 11.7 Å². The molecule has 16 heavy (non-hydrogen) atoms. The van der Waals surface area contributed by atoms with Crippen LogP contribution < -0.4 is 4.74 Å². The number of carbonyl (C=O) groups is 1. The third-order valence-corrected chi connectivity index (χ3v) is 2.87. The van der Waals surface area contributed by atoms with Crippen molar-refractivity contribution in [3.8, 4) is 5.75 Å². The fraction of sp³-hybridized carbons (Fsp3) is 0.462. The van der Waals surface area contributed by atoms with E-state index in [1.165, 1.54) is 12.8 Å². The Morgan fingerprint density at radius 3 is 2.75 bits per heavy atom. The molecule has 1 saturated carbocycles. The Labute approximate surface area is 95.4 Å². The number of para-hydroxylation sites is 1. The lowest BCUT2D eigenvalue weighted by molar-refractivity contribution is -0.0326. The maximum absolute atomic E-state index is 10.7. The van der Waals surface area contributed by atoms with Gasteiger partial charge in [-0.25, -0.2) is 0 Å². The second kappa shape index (κ2) is 5.66. The first kappa shape index (κ1) is 11.1. The van der Waals surface area contributed by atoms with Crippen LogP contribution in [-0.2, 0) is 4.74 Å². The van der Waals surface area contributed by atoms with Gasteiger partial charge in [-0.1, -0.05) is 25.0 Å². The third kappa shape index (κ3) is 2.83. The molecule has 1 aliphatic rings. The van der Waals surface area contributed by atoms with Crippen LogP contribution in [0.25, 0.3) is 0 Å². The molecule has 1 aromatic rings. The SMILES string of the molecule is O=Cc1ccccc1OCOC1CCCC1. The molecule has 0 N–H and O–H groups in total. The molecule has 0 bridgehead atoms. The van der Waals surface area contributed by atoms with Crippen molar-refractivity contribution in [2.75, 3.05) is 6.79 Å². The third-order valence-electron chi connectivity index (χ3n) is 2.87. The zero-order valence-electron chi connectivity index (χ0n) is 9.22. The van der Waals surface area contributed by atoms with Crippen molar-refractivity contribution in [1.29, 1.82) is 0 Å². The topological polar surface area (TPSA) is 35.5 Å². The van der Waals surface area contributed by atoms with Gasteiger partial charge in [0.1, 0.15) is 5.75 Å². The zero-order valence-corrected chi connectivity index (χ0v) is 9.22. The van der Waals surface area contributed by atoms with Crippen LogP contribution in [0.1, 0.15) is 36.0 Å². The molecule has 0 heterocycles. The molecule has 1 fully saturated rings. The van der Waals surface area contributed by atoms with E-state index in [0.29, 0.717) is 17.4 Å². The van der Waals surface area contributed by atoms with E-state index in [1.54, 1.807) is 12.1 Å². The summed E-state index contributed by atoms with van der Waals surface area (Å²) in [6, 6.07) is 7.17. The van der Waals surface area contributed by atoms with Crippen molar-refractivity contribution in [2.45, 2.75) is 31.8 Å². The Bertz CT molecular complexity index is 343. The van der Waals surface area contributed by atoms with Crippen LogP contribution in [0.3, 0.4) is 0 Å². The van der Waals surface area contributed by atoms with E-state index >= 15 is 0 Å². The summed E-state index contributed by atoms with van der Waals surface area (Å²) in [5.74, 6) is 0.593. The van der Waals surface area contributed by atoms with Gasteiger partial charge in [-0.2, -0.15) is 0 Å². The number of carbonyl (C=O) groups excluding carboxylic acids is 1. The largest absolute Gasteiger partial charge is 0.467 e. The fourth-order valence-corrected chi connectivity index (χ4v) is 1.96. The summed E-state index contributed by atoms with van der Waals surface area (Å²) >= 11 is 0. The van der Waals surface area contributed by atoms with E-state index in [2.05, 4.69) is 0 Å². The zero-order chi connectivity index (χ0) is 11.2. The van der Waals surface area contributed by atoms with Crippen molar-refractivity contribution in [3.63, 3.8) is 0 Å². The molecule has 0 amide bonds. The van der Waals surface area contributed by atoms with Crippen LogP contribution in [0, 0.1) is 0 Å². The number of ether oxygens (including phenoxy) is 2. The fourth-order valence-electron chi connectivity index (χ4n) is 1.96. The molecule has 3 nitrogen and oxygen atoms in total. The van der Waals surface area contributed by atoms with Gasteiger partial charge in [0, 0.05) is 0 Å². The minimum absolute atomic E-state index is 0.232. The molecule has 0 unspecified atom stereocenters. The van der Waals surface area contributed by atoms with Gasteiger partial charge in [0.25, 0.3) is 0 Å². The number of hydrogen-bond donors (Lipinski definition) is 0. The van der Waals surface area contributed by atoms with Gasteiger partial charge < -0.3 is 9.47 Å². The highest BCUT2D eigenvalue weighted by Gasteiger charge is 2.15. The van der Waals surface area contributed by atoms with E-state index in [0.717, 1.165) is 19.1 Å². The normalized spacial score (nSPS) is 16.2. The van der Waals surface area contributed by atoms with Crippen molar-refractivity contribution >= 4 is 6.29 Å². The number of benzene rings is 1. The van der Waals surface area contributed by atoms with Gasteiger partial charge in [-0.3, -0.25) is 4.79 Å². The second-order valence-electron chi connectivity index (χ2n) is 3.99. The first-order valence-electron chi connectivity index (χ1n) is 5.69. The van der Waals surface area contributed by atoms with Crippen molar-refractivity contribution in [1.82, 2.24) is 0 Å². The Kier molecular flexibility index (Phi) is 3.94. The molecule has 0 atom stereocenters. The average molecular weight is 220 g/mol. The molecule has 0 radical (unpaired) electrons. The Morgan fingerprint density at radius 1 is 1.25 bits per heavy atom. The van der Waals surface area contributed by atoms with Crippen LogP contribution in [0.4, 0.5) is 0 Å². The Morgan fingerprint density at radius 2 is 2.00 bits per heavy atom. The first-order valence-corrected chi connectivity index (χ1v) is 5.69. The van der Waals surface area contributed by atoms with E-state index in [4.69, 9.17) is 9.47 Å². The van der Waals surface area contributed by atoms with Gasteiger partial charge >= 0.3 is 0 Å². The van der Waals surface area contributed by atoms with E-state index in [-0.39, 0.29) is 6.79 Å². The van der Waals surface area contributed by atoms with Gasteiger partial charge in [-0.15, -0.1) is 0 Å². The monoisotopic (exact) mass is 220 g/mol. The van der Waals surface area contributed by atoms with E-state index < -0.39 is 0 Å². The highest BCUT2D eigenvalue weighted by atomic mass is 16.7. The number of aldehydes is 1. The molecule has 1 aliphatic carbocycles. The van der Waals surface area contributed by atoms with Crippen LogP contribution in [0.5, 0.6) is 5.75 Å². The predicted molar refractivity (Wildman–Crippen MR) is 60.7 cm³/mol. The summed E-state index contributed by atoms with van der Waals surface area (Å²) in [6.45, 7) is 0.232. The minimum Gasteiger partial charge on any atom is -0.467 e. The Hall–Kier alpha value is -1.35. The molecule has 0 saturated heterocycles. The van der Waals surface area contributed by atoms with Crippen LogP contribution in [0.2, 0.25) is 0 Å². The quantitative estimate of drug-likeness (QED) is 0.565. The minimum atomic E-state index is 0.232. The second-order valence-corrected chi connectivity index (χ2v) is 3.99. The van der Waals surface area contributed by atoms with E-state index in [1.807, 2.05) is 12.1 Å². The summed E-state index contributed by atoms with van der Waals surface area (Å²) in [5, 5.41) is 0. The molecule has 2 rings (SSSR count). The summed E-state index contributed by atoms with van der Waals surface area (Å²) < 4.78 is 11.0. The molecule has 1 aromatic carbocycles. The van der Waals surface area contributed by atoms with Crippen molar-refractivity contribution < 1.29 is 14.3 Å². The summed E-state index contributed by atoms with van der Waals surface area (Å²) in [6.07, 6.45) is 5.87. The molecule has 86 valence electrons. The highest BCUT2D eigenvalue weighted by molar-refractivity contribution is 5.79. The molecular formula is C13H16O3. The highest BCUT2D eigenvalue weighted by Crippen LogP contribution is 2.21. The van der Waals surface area contributed by atoms with E-state index in [9.17, 15) is 4.79 Å². The number of rotatable bonds is 5. The van der Waals surface area contributed by atoms with Crippen molar-refractivity contribution in [3.05, 3.63) is 29.8 Å². The van der Waals surface area contributed by atoms with Crippen LogP contribution >= 0.6 is 0 Å². The smallest absolute Gasteiger partial charge is 0.189 e. The number of hydrogen-bond acceptors (Lipinski definition) is 3. The van der Waals surface area contributed by atoms with Gasteiger partial charge in [0.2, 0.25) is 0 Å². The van der Waals surface area contributed by atoms with Gasteiger partial charge in [-0.05, 0) is 25.0 Å². The molecule has 0 aliphatic heterocycles. The lowest BCUT2D eigenvalue weighted by atomic mass is 10.2. The molecular weight excluding hydrogens is 204 g/mol. The Balaban J connectivity index is 1.82. The van der Waals surface area contributed by atoms with Gasteiger partial charge in [0.15, 0.2) is 13.1 Å². The molecule has 0 aromatic heterocycles. The summed E-state index contributed by atoms with van der Waals surface area (Å²) in [5.41, 5.74) is 0.567. The first-order chi connectivity index (χ1) is 7.90. The summed E-state index contributed by atoms with van der Waals surface area (Å²) in [4.78, 5) is 10.7. The molecule has 0 spiro atoms. The average Bonchev–Trinajstić information content (AvgIpc) is 2.83. The standard InChI is InChI=1S/C13H16O3/c14-9-11-5-1-4-8-13(11)16-10-15-12-6-2-3-7-12/h1,4-5,8-9,12H,2-3,6-7,10H2. The maximum Gasteiger partial charge on any atom is 0.189 e. The molecule has 3 heteroatoms. The van der Waals surface area contributed by atoms with Crippen LogP contribution in [0.15, 0.2) is 24.3 Å². The predicted octanol–water partition coefficient (Wildman–Crippen LogP) is 2.79.